The molecule has 110 valence electrons. The number of amides is 2. The third kappa shape index (κ3) is 5.04. The van der Waals surface area contributed by atoms with Gasteiger partial charge in [0.25, 0.3) is 0 Å². The maximum atomic E-state index is 11.6. The van der Waals surface area contributed by atoms with E-state index < -0.39 is 17.6 Å². The standard InChI is InChI=1S/C12H22N2O5/c1-11(2)6-8(4-5-19-11)14-10(17)13-7-12(3,18)9(15)16/h8,18H,4-7H2,1-3H3,(H,15,16)(H2,13,14,17). The number of carboxylic acids is 1. The second kappa shape index (κ2) is 5.75. The summed E-state index contributed by atoms with van der Waals surface area (Å²) < 4.78 is 5.53. The molecule has 2 unspecified atom stereocenters. The predicted molar refractivity (Wildman–Crippen MR) is 67.8 cm³/mol. The average molecular weight is 274 g/mol. The third-order valence-electron chi connectivity index (χ3n) is 3.09. The van der Waals surface area contributed by atoms with Crippen LogP contribution < -0.4 is 10.6 Å². The van der Waals surface area contributed by atoms with Crippen molar-refractivity contribution in [1.29, 1.82) is 0 Å². The number of carbonyl (C=O) groups excluding carboxylic acids is 1. The fourth-order valence-electron chi connectivity index (χ4n) is 1.92. The molecule has 1 rings (SSSR count). The molecule has 1 fully saturated rings. The lowest BCUT2D eigenvalue weighted by Gasteiger charge is -2.35. The van der Waals surface area contributed by atoms with Crippen LogP contribution in [-0.2, 0) is 9.53 Å². The van der Waals surface area contributed by atoms with Crippen LogP contribution in [-0.4, -0.2) is 52.6 Å². The number of hydrogen-bond donors (Lipinski definition) is 4. The Labute approximate surface area is 112 Å². The Kier molecular flexibility index (Phi) is 4.75. The van der Waals surface area contributed by atoms with Crippen LogP contribution in [0.15, 0.2) is 0 Å². The highest BCUT2D eigenvalue weighted by atomic mass is 16.5. The molecule has 0 radical (unpaired) electrons. The summed E-state index contributed by atoms with van der Waals surface area (Å²) in [5.74, 6) is -1.38. The normalized spacial score (nSPS) is 25.2. The number of rotatable bonds is 4. The first-order valence-electron chi connectivity index (χ1n) is 6.26. The Bertz CT molecular complexity index is 354. The summed E-state index contributed by atoms with van der Waals surface area (Å²) in [4.78, 5) is 22.3. The fourth-order valence-corrected chi connectivity index (χ4v) is 1.92. The molecule has 1 aliphatic rings. The Morgan fingerprint density at radius 2 is 2.11 bits per heavy atom. The van der Waals surface area contributed by atoms with Crippen LogP contribution in [0, 0.1) is 0 Å². The lowest BCUT2D eigenvalue weighted by atomic mass is 9.94. The SMILES string of the molecule is CC1(C)CC(NC(=O)NCC(C)(O)C(=O)O)CCO1. The average Bonchev–Trinajstić information content (AvgIpc) is 2.25. The summed E-state index contributed by atoms with van der Waals surface area (Å²) in [6.07, 6.45) is 1.40. The van der Waals surface area contributed by atoms with Crippen LogP contribution in [0.1, 0.15) is 33.6 Å². The molecule has 7 nitrogen and oxygen atoms in total. The zero-order valence-corrected chi connectivity index (χ0v) is 11.5. The van der Waals surface area contributed by atoms with Crippen molar-refractivity contribution >= 4 is 12.0 Å². The number of aliphatic hydroxyl groups is 1. The van der Waals surface area contributed by atoms with Crippen molar-refractivity contribution in [2.45, 2.75) is 50.9 Å². The first kappa shape index (κ1) is 15.7. The van der Waals surface area contributed by atoms with Gasteiger partial charge in [-0.1, -0.05) is 0 Å². The summed E-state index contributed by atoms with van der Waals surface area (Å²) in [6.45, 7) is 5.26. The van der Waals surface area contributed by atoms with Gasteiger partial charge in [-0.25, -0.2) is 9.59 Å². The van der Waals surface area contributed by atoms with Crippen molar-refractivity contribution in [3.8, 4) is 0 Å². The van der Waals surface area contributed by atoms with Crippen LogP contribution in [0.3, 0.4) is 0 Å². The van der Waals surface area contributed by atoms with Crippen LogP contribution in [0.4, 0.5) is 4.79 Å². The highest BCUT2D eigenvalue weighted by molar-refractivity contribution is 5.79. The molecule has 0 bridgehead atoms. The van der Waals surface area contributed by atoms with E-state index in [1.165, 1.54) is 0 Å². The Hall–Kier alpha value is -1.34. The Morgan fingerprint density at radius 1 is 1.47 bits per heavy atom. The maximum Gasteiger partial charge on any atom is 0.337 e. The van der Waals surface area contributed by atoms with Crippen molar-refractivity contribution in [2.24, 2.45) is 0 Å². The van der Waals surface area contributed by atoms with Gasteiger partial charge in [-0.15, -0.1) is 0 Å². The molecule has 4 N–H and O–H groups in total. The van der Waals surface area contributed by atoms with Gasteiger partial charge in [-0.05, 0) is 33.6 Å². The van der Waals surface area contributed by atoms with E-state index in [2.05, 4.69) is 10.6 Å². The minimum absolute atomic E-state index is 0.0153. The second-order valence-electron chi connectivity index (χ2n) is 5.70. The van der Waals surface area contributed by atoms with Gasteiger partial charge in [0.2, 0.25) is 0 Å². The number of carboxylic acid groups (broad SMARTS) is 1. The zero-order valence-electron chi connectivity index (χ0n) is 11.5. The summed E-state index contributed by atoms with van der Waals surface area (Å²) in [7, 11) is 0. The summed E-state index contributed by atoms with van der Waals surface area (Å²) in [6, 6.07) is -0.497. The molecule has 1 heterocycles. The largest absolute Gasteiger partial charge is 0.479 e. The van der Waals surface area contributed by atoms with E-state index in [0.717, 1.165) is 6.92 Å². The molecule has 0 aromatic rings. The van der Waals surface area contributed by atoms with Gasteiger partial charge in [0.05, 0.1) is 12.1 Å². The molecule has 0 saturated carbocycles. The lowest BCUT2D eigenvalue weighted by molar-refractivity contribution is -0.155. The highest BCUT2D eigenvalue weighted by Crippen LogP contribution is 2.23. The molecule has 2 amide bonds. The lowest BCUT2D eigenvalue weighted by Crippen LogP contribution is -2.53. The molecule has 2 atom stereocenters. The van der Waals surface area contributed by atoms with E-state index in [1.807, 2.05) is 13.8 Å². The Balaban J connectivity index is 2.37. The monoisotopic (exact) mass is 274 g/mol. The molecular formula is C12H22N2O5. The minimum Gasteiger partial charge on any atom is -0.479 e. The van der Waals surface area contributed by atoms with Crippen LogP contribution in [0.25, 0.3) is 0 Å². The molecule has 7 heteroatoms. The fraction of sp³-hybridized carbons (Fsp3) is 0.833. The number of nitrogens with one attached hydrogen (secondary N) is 2. The minimum atomic E-state index is -1.97. The number of carbonyl (C=O) groups is 2. The number of aliphatic carboxylic acids is 1. The highest BCUT2D eigenvalue weighted by Gasteiger charge is 2.32. The Morgan fingerprint density at radius 3 is 2.63 bits per heavy atom. The van der Waals surface area contributed by atoms with Gasteiger partial charge < -0.3 is 25.6 Å². The van der Waals surface area contributed by atoms with Gasteiger partial charge in [-0.3, -0.25) is 0 Å². The molecule has 0 spiro atoms. The predicted octanol–water partition coefficient (Wildman–Crippen LogP) is 0.0788. The van der Waals surface area contributed by atoms with Gasteiger partial charge in [0.15, 0.2) is 5.60 Å². The first-order valence-corrected chi connectivity index (χ1v) is 6.26. The van der Waals surface area contributed by atoms with Crippen LogP contribution in [0.2, 0.25) is 0 Å². The maximum absolute atomic E-state index is 11.6. The van der Waals surface area contributed by atoms with Gasteiger partial charge >= 0.3 is 12.0 Å². The number of urea groups is 1. The summed E-state index contributed by atoms with van der Waals surface area (Å²) >= 11 is 0. The molecule has 0 aromatic carbocycles. The molecule has 19 heavy (non-hydrogen) atoms. The van der Waals surface area contributed by atoms with E-state index >= 15 is 0 Å². The molecule has 1 aliphatic heterocycles. The van der Waals surface area contributed by atoms with Crippen LogP contribution >= 0.6 is 0 Å². The van der Waals surface area contributed by atoms with Gasteiger partial charge in [0.1, 0.15) is 0 Å². The second-order valence-corrected chi connectivity index (χ2v) is 5.70. The van der Waals surface area contributed by atoms with Crippen molar-refractivity contribution < 1.29 is 24.5 Å². The number of hydrogen-bond acceptors (Lipinski definition) is 4. The van der Waals surface area contributed by atoms with Crippen LogP contribution in [0.5, 0.6) is 0 Å². The van der Waals surface area contributed by atoms with E-state index in [9.17, 15) is 14.7 Å². The quantitative estimate of drug-likeness (QED) is 0.580. The van der Waals surface area contributed by atoms with E-state index in [1.54, 1.807) is 0 Å². The topological polar surface area (TPSA) is 108 Å². The first-order chi connectivity index (χ1) is 8.62. The molecular weight excluding hydrogens is 252 g/mol. The molecule has 0 aliphatic carbocycles. The van der Waals surface area contributed by atoms with E-state index in [4.69, 9.17) is 9.84 Å². The zero-order chi connectivity index (χ0) is 14.7. The van der Waals surface area contributed by atoms with Gasteiger partial charge in [-0.2, -0.15) is 0 Å². The van der Waals surface area contributed by atoms with Crippen molar-refractivity contribution in [2.75, 3.05) is 13.2 Å². The van der Waals surface area contributed by atoms with Crippen molar-refractivity contribution in [3.63, 3.8) is 0 Å². The van der Waals surface area contributed by atoms with Crippen molar-refractivity contribution in [3.05, 3.63) is 0 Å². The molecule has 1 saturated heterocycles. The van der Waals surface area contributed by atoms with E-state index in [0.29, 0.717) is 19.4 Å². The van der Waals surface area contributed by atoms with Crippen molar-refractivity contribution in [1.82, 2.24) is 10.6 Å². The van der Waals surface area contributed by atoms with E-state index in [-0.39, 0.29) is 18.2 Å². The smallest absolute Gasteiger partial charge is 0.337 e. The molecule has 0 aromatic heterocycles. The van der Waals surface area contributed by atoms with Gasteiger partial charge in [0, 0.05) is 12.6 Å². The third-order valence-corrected chi connectivity index (χ3v) is 3.09. The summed E-state index contributed by atoms with van der Waals surface area (Å²) in [5, 5.41) is 23.3. The number of ether oxygens (including phenoxy) is 1. The summed E-state index contributed by atoms with van der Waals surface area (Å²) in [5.41, 5.74) is -2.24.